The molecule has 1 aliphatic heterocycles. The molecular weight excluding hydrogens is 150 g/mol. The molecule has 1 saturated heterocycles. The summed E-state index contributed by atoms with van der Waals surface area (Å²) in [6.45, 7) is 5.25. The maximum atomic E-state index is 5.37. The van der Waals surface area contributed by atoms with Gasteiger partial charge >= 0.3 is 0 Å². The van der Waals surface area contributed by atoms with Crippen molar-refractivity contribution in [2.24, 2.45) is 5.92 Å². The van der Waals surface area contributed by atoms with E-state index in [4.69, 9.17) is 4.74 Å². The first-order valence-corrected chi connectivity index (χ1v) is 5.04. The fraction of sp³-hybridized carbons (Fsp3) is 1.00. The summed E-state index contributed by atoms with van der Waals surface area (Å²) >= 11 is 0. The molecule has 1 aliphatic carbocycles. The molecule has 0 aromatic carbocycles. The number of nitrogens with zero attached hydrogens (tertiary/aromatic N) is 1. The second-order valence-electron chi connectivity index (χ2n) is 3.60. The Balaban J connectivity index is 0.000000336. The maximum Gasteiger partial charge on any atom is 0.0627 e. The van der Waals surface area contributed by atoms with E-state index >= 15 is 0 Å². The Labute approximate surface area is 75.9 Å². The average Bonchev–Trinajstić information content (AvgIpc) is 2.65. The standard InChI is InChI=1S/C8H15NO.C2H6/c1-9-5-6-3-7(9)4-8(6)10-2;1-2/h6-8H,3-5H2,1-2H3;1-2H3. The minimum atomic E-state index is 0.571. The van der Waals surface area contributed by atoms with Crippen molar-refractivity contribution in [3.8, 4) is 0 Å². The molecule has 3 atom stereocenters. The van der Waals surface area contributed by atoms with E-state index in [0.29, 0.717) is 6.10 Å². The molecule has 0 amide bonds. The van der Waals surface area contributed by atoms with Crippen LogP contribution in [0.25, 0.3) is 0 Å². The number of hydrogen-bond donors (Lipinski definition) is 0. The van der Waals surface area contributed by atoms with Crippen LogP contribution in [0, 0.1) is 5.92 Å². The summed E-state index contributed by atoms with van der Waals surface area (Å²) in [6.07, 6.45) is 3.20. The smallest absolute Gasteiger partial charge is 0.0627 e. The van der Waals surface area contributed by atoms with Crippen LogP contribution >= 0.6 is 0 Å². The Morgan fingerprint density at radius 1 is 1.25 bits per heavy atom. The topological polar surface area (TPSA) is 12.5 Å². The van der Waals surface area contributed by atoms with Crippen molar-refractivity contribution in [2.75, 3.05) is 20.7 Å². The molecule has 2 fully saturated rings. The number of hydrogen-bond acceptors (Lipinski definition) is 2. The number of fused-ring (bicyclic) bond motifs is 2. The van der Waals surface area contributed by atoms with Crippen molar-refractivity contribution in [1.29, 1.82) is 0 Å². The van der Waals surface area contributed by atoms with Crippen LogP contribution in [-0.2, 0) is 4.74 Å². The van der Waals surface area contributed by atoms with E-state index in [0.717, 1.165) is 12.0 Å². The lowest BCUT2D eigenvalue weighted by molar-refractivity contribution is 0.0393. The molecule has 2 rings (SSSR count). The van der Waals surface area contributed by atoms with Gasteiger partial charge in [0.2, 0.25) is 0 Å². The number of methoxy groups -OCH3 is 1. The lowest BCUT2D eigenvalue weighted by Gasteiger charge is -2.27. The van der Waals surface area contributed by atoms with E-state index in [-0.39, 0.29) is 0 Å². The van der Waals surface area contributed by atoms with Crippen molar-refractivity contribution in [3.63, 3.8) is 0 Å². The second-order valence-corrected chi connectivity index (χ2v) is 3.60. The molecule has 72 valence electrons. The van der Waals surface area contributed by atoms with Gasteiger partial charge in [-0.3, -0.25) is 0 Å². The van der Waals surface area contributed by atoms with Gasteiger partial charge in [-0.05, 0) is 25.8 Å². The third kappa shape index (κ3) is 1.64. The fourth-order valence-electron chi connectivity index (χ4n) is 2.42. The minimum absolute atomic E-state index is 0.571. The first kappa shape index (κ1) is 10.0. The van der Waals surface area contributed by atoms with Gasteiger partial charge in [0.05, 0.1) is 6.10 Å². The van der Waals surface area contributed by atoms with E-state index in [1.807, 2.05) is 21.0 Å². The number of likely N-dealkylation sites (tertiary alicyclic amines) is 1. The summed E-state index contributed by atoms with van der Waals surface area (Å²) in [4.78, 5) is 2.46. The van der Waals surface area contributed by atoms with Crippen LogP contribution in [0.5, 0.6) is 0 Å². The molecule has 2 bridgehead atoms. The molecule has 2 nitrogen and oxygen atoms in total. The lowest BCUT2D eigenvalue weighted by atomic mass is 10.1. The molecule has 0 spiro atoms. The van der Waals surface area contributed by atoms with E-state index in [1.165, 1.54) is 19.4 Å². The number of piperidine rings is 1. The SMILES string of the molecule is CC.COC1CC2CC1CN2C. The molecular formula is C10H21NO. The summed E-state index contributed by atoms with van der Waals surface area (Å²) in [5, 5.41) is 0. The summed E-state index contributed by atoms with van der Waals surface area (Å²) in [7, 11) is 4.06. The zero-order valence-corrected chi connectivity index (χ0v) is 8.71. The molecule has 0 N–H and O–H groups in total. The zero-order valence-electron chi connectivity index (χ0n) is 8.71. The highest BCUT2D eigenvalue weighted by Gasteiger charge is 2.42. The van der Waals surface area contributed by atoms with Gasteiger partial charge in [0.1, 0.15) is 0 Å². The number of ether oxygens (including phenoxy) is 1. The van der Waals surface area contributed by atoms with Gasteiger partial charge in [0.25, 0.3) is 0 Å². The molecule has 0 aromatic rings. The molecule has 2 aliphatic rings. The average molecular weight is 171 g/mol. The zero-order chi connectivity index (χ0) is 9.14. The van der Waals surface area contributed by atoms with E-state index < -0.39 is 0 Å². The van der Waals surface area contributed by atoms with Crippen LogP contribution in [0.2, 0.25) is 0 Å². The van der Waals surface area contributed by atoms with E-state index in [9.17, 15) is 0 Å². The normalized spacial score (nSPS) is 39.5. The Kier molecular flexibility index (Phi) is 3.53. The van der Waals surface area contributed by atoms with Gasteiger partial charge in [-0.2, -0.15) is 0 Å². The first-order valence-electron chi connectivity index (χ1n) is 5.04. The molecule has 0 radical (unpaired) electrons. The number of rotatable bonds is 1. The van der Waals surface area contributed by atoms with Crippen LogP contribution in [0.4, 0.5) is 0 Å². The fourth-order valence-corrected chi connectivity index (χ4v) is 2.42. The van der Waals surface area contributed by atoms with Crippen LogP contribution in [-0.4, -0.2) is 37.7 Å². The molecule has 0 aromatic heterocycles. The first-order chi connectivity index (χ1) is 5.81. The van der Waals surface area contributed by atoms with Crippen molar-refractivity contribution >= 4 is 0 Å². The third-order valence-electron chi connectivity index (χ3n) is 3.05. The highest BCUT2D eigenvalue weighted by molar-refractivity contribution is 4.96. The Morgan fingerprint density at radius 2 is 1.92 bits per heavy atom. The molecule has 12 heavy (non-hydrogen) atoms. The molecule has 3 unspecified atom stereocenters. The largest absolute Gasteiger partial charge is 0.381 e. The molecule has 2 heteroatoms. The molecule has 1 saturated carbocycles. The Bertz CT molecular complexity index is 136. The highest BCUT2D eigenvalue weighted by atomic mass is 16.5. The lowest BCUT2D eigenvalue weighted by Crippen LogP contribution is -2.35. The van der Waals surface area contributed by atoms with Crippen molar-refractivity contribution in [2.45, 2.75) is 38.8 Å². The van der Waals surface area contributed by atoms with Crippen molar-refractivity contribution < 1.29 is 4.74 Å². The molecule has 1 heterocycles. The van der Waals surface area contributed by atoms with Crippen molar-refractivity contribution in [3.05, 3.63) is 0 Å². The predicted molar refractivity (Wildman–Crippen MR) is 51.3 cm³/mol. The Hall–Kier alpha value is -0.0800. The maximum absolute atomic E-state index is 5.37. The van der Waals surface area contributed by atoms with Gasteiger partial charge in [-0.25, -0.2) is 0 Å². The van der Waals surface area contributed by atoms with Crippen LogP contribution in [0.1, 0.15) is 26.7 Å². The summed E-state index contributed by atoms with van der Waals surface area (Å²) in [5.74, 6) is 0.833. The van der Waals surface area contributed by atoms with Crippen LogP contribution < -0.4 is 0 Å². The van der Waals surface area contributed by atoms with Gasteiger partial charge in [-0.1, -0.05) is 13.8 Å². The van der Waals surface area contributed by atoms with Gasteiger partial charge in [-0.15, -0.1) is 0 Å². The second kappa shape index (κ2) is 4.24. The summed E-state index contributed by atoms with van der Waals surface area (Å²) < 4.78 is 5.37. The van der Waals surface area contributed by atoms with Crippen molar-refractivity contribution in [1.82, 2.24) is 4.90 Å². The van der Waals surface area contributed by atoms with Crippen LogP contribution in [0.15, 0.2) is 0 Å². The predicted octanol–water partition coefficient (Wildman–Crippen LogP) is 1.75. The summed E-state index contributed by atoms with van der Waals surface area (Å²) in [6, 6.07) is 0.829. The third-order valence-corrected chi connectivity index (χ3v) is 3.05. The van der Waals surface area contributed by atoms with E-state index in [2.05, 4.69) is 11.9 Å². The monoisotopic (exact) mass is 171 g/mol. The summed E-state index contributed by atoms with van der Waals surface area (Å²) in [5.41, 5.74) is 0. The van der Waals surface area contributed by atoms with Gasteiger partial charge in [0, 0.05) is 19.7 Å². The van der Waals surface area contributed by atoms with Gasteiger partial charge < -0.3 is 9.64 Å². The Morgan fingerprint density at radius 3 is 2.25 bits per heavy atom. The highest BCUT2D eigenvalue weighted by Crippen LogP contribution is 2.37. The van der Waals surface area contributed by atoms with Crippen LogP contribution in [0.3, 0.4) is 0 Å². The van der Waals surface area contributed by atoms with E-state index in [1.54, 1.807) is 0 Å². The quantitative estimate of drug-likeness (QED) is 0.596. The van der Waals surface area contributed by atoms with Gasteiger partial charge in [0.15, 0.2) is 0 Å². The minimum Gasteiger partial charge on any atom is -0.381 e.